The molecule has 184 valence electrons. The van der Waals surface area contributed by atoms with Crippen molar-refractivity contribution in [2.45, 2.75) is 64.7 Å². The highest BCUT2D eigenvalue weighted by Crippen LogP contribution is 2.31. The van der Waals surface area contributed by atoms with E-state index in [-0.39, 0.29) is 36.0 Å². The second-order valence-electron chi connectivity index (χ2n) is 9.46. The Morgan fingerprint density at radius 3 is 2.26 bits per heavy atom. The highest BCUT2D eigenvalue weighted by atomic mass is 16.2. The van der Waals surface area contributed by atoms with E-state index in [2.05, 4.69) is 10.6 Å². The zero-order valence-corrected chi connectivity index (χ0v) is 20.0. The Balaban J connectivity index is 1.75. The van der Waals surface area contributed by atoms with Gasteiger partial charge in [-0.15, -0.1) is 0 Å². The normalized spacial score (nSPS) is 21.3. The van der Waals surface area contributed by atoms with Crippen molar-refractivity contribution in [1.82, 2.24) is 20.4 Å². The standard InChI is InChI=1S/C24H33N5O5/c1-13(2)11-18(27-22(32)16-5-7-17(25)8-6-16)24(34)28-10-9-19-21(28)20(31)12-29(19)23(33)14(3)26-15(4)30/h5-8,13-14,18-19,21H,9-12,25H2,1-4H3,(H,26,30)(H,27,32). The number of fused-ring (bicyclic) bond motifs is 1. The predicted molar refractivity (Wildman–Crippen MR) is 125 cm³/mol. The van der Waals surface area contributed by atoms with Crippen molar-refractivity contribution in [2.75, 3.05) is 18.8 Å². The number of nitrogens with two attached hydrogens (primary N) is 1. The molecular formula is C24H33N5O5. The molecule has 10 nitrogen and oxygen atoms in total. The molecule has 10 heteroatoms. The molecule has 4 N–H and O–H groups in total. The van der Waals surface area contributed by atoms with Gasteiger partial charge in [0.2, 0.25) is 17.7 Å². The molecule has 1 aromatic carbocycles. The number of likely N-dealkylation sites (tertiary alicyclic amines) is 2. The van der Waals surface area contributed by atoms with Gasteiger partial charge in [0.15, 0.2) is 5.78 Å². The molecule has 4 amide bonds. The number of rotatable bonds is 7. The molecule has 2 heterocycles. The molecule has 2 aliphatic rings. The molecule has 2 aliphatic heterocycles. The van der Waals surface area contributed by atoms with Crippen LogP contribution < -0.4 is 16.4 Å². The largest absolute Gasteiger partial charge is 0.399 e. The van der Waals surface area contributed by atoms with E-state index < -0.39 is 30.1 Å². The zero-order chi connectivity index (χ0) is 25.2. The average molecular weight is 472 g/mol. The van der Waals surface area contributed by atoms with Crippen molar-refractivity contribution in [3.8, 4) is 0 Å². The van der Waals surface area contributed by atoms with Gasteiger partial charge in [-0.05, 0) is 49.9 Å². The minimum Gasteiger partial charge on any atom is -0.399 e. The first kappa shape index (κ1) is 25.2. The number of carbonyl (C=O) groups excluding carboxylic acids is 5. The molecular weight excluding hydrogens is 438 g/mol. The van der Waals surface area contributed by atoms with Crippen molar-refractivity contribution in [3.05, 3.63) is 29.8 Å². The van der Waals surface area contributed by atoms with E-state index in [1.807, 2.05) is 13.8 Å². The fourth-order valence-electron chi connectivity index (χ4n) is 4.74. The van der Waals surface area contributed by atoms with E-state index in [1.165, 1.54) is 16.7 Å². The van der Waals surface area contributed by atoms with E-state index in [9.17, 15) is 24.0 Å². The molecule has 1 aromatic rings. The summed E-state index contributed by atoms with van der Waals surface area (Å²) in [6, 6.07) is 3.66. The van der Waals surface area contributed by atoms with Gasteiger partial charge >= 0.3 is 0 Å². The molecule has 2 fully saturated rings. The molecule has 34 heavy (non-hydrogen) atoms. The summed E-state index contributed by atoms with van der Waals surface area (Å²) < 4.78 is 0. The number of nitrogens with one attached hydrogen (secondary N) is 2. The summed E-state index contributed by atoms with van der Waals surface area (Å²) in [5, 5.41) is 5.37. The summed E-state index contributed by atoms with van der Waals surface area (Å²) >= 11 is 0. The smallest absolute Gasteiger partial charge is 0.251 e. The van der Waals surface area contributed by atoms with Crippen LogP contribution in [0.5, 0.6) is 0 Å². The highest BCUT2D eigenvalue weighted by molar-refractivity contribution is 6.01. The molecule has 4 atom stereocenters. The second kappa shape index (κ2) is 10.2. The van der Waals surface area contributed by atoms with Gasteiger partial charge in [0.05, 0.1) is 12.6 Å². The number of anilines is 1. The minimum absolute atomic E-state index is 0.103. The Hall–Kier alpha value is -3.43. The maximum Gasteiger partial charge on any atom is 0.251 e. The topological polar surface area (TPSA) is 142 Å². The van der Waals surface area contributed by atoms with Gasteiger partial charge < -0.3 is 26.2 Å². The molecule has 0 bridgehead atoms. The highest BCUT2D eigenvalue weighted by Gasteiger charge is 2.52. The van der Waals surface area contributed by atoms with Crippen molar-refractivity contribution in [1.29, 1.82) is 0 Å². The van der Waals surface area contributed by atoms with Crippen molar-refractivity contribution in [3.63, 3.8) is 0 Å². The molecule has 3 rings (SSSR count). The van der Waals surface area contributed by atoms with E-state index >= 15 is 0 Å². The van der Waals surface area contributed by atoms with Gasteiger partial charge in [-0.25, -0.2) is 0 Å². The summed E-state index contributed by atoms with van der Waals surface area (Å²) in [5.74, 6) is -1.50. The molecule has 0 saturated carbocycles. The quantitative estimate of drug-likeness (QED) is 0.489. The fourth-order valence-corrected chi connectivity index (χ4v) is 4.74. The van der Waals surface area contributed by atoms with E-state index in [0.29, 0.717) is 30.6 Å². The molecule has 0 spiro atoms. The third kappa shape index (κ3) is 5.37. The van der Waals surface area contributed by atoms with E-state index in [1.54, 1.807) is 31.2 Å². The summed E-state index contributed by atoms with van der Waals surface area (Å²) in [6.07, 6.45) is 0.866. The Bertz CT molecular complexity index is 976. The summed E-state index contributed by atoms with van der Waals surface area (Å²) in [7, 11) is 0. The van der Waals surface area contributed by atoms with Crippen LogP contribution in [0.15, 0.2) is 24.3 Å². The maximum atomic E-state index is 13.5. The first-order chi connectivity index (χ1) is 16.0. The zero-order valence-electron chi connectivity index (χ0n) is 20.0. The van der Waals surface area contributed by atoms with Crippen LogP contribution >= 0.6 is 0 Å². The first-order valence-corrected chi connectivity index (χ1v) is 11.6. The Kier molecular flexibility index (Phi) is 7.58. The lowest BCUT2D eigenvalue weighted by Gasteiger charge is -2.29. The Labute approximate surface area is 199 Å². The molecule has 0 aliphatic carbocycles. The van der Waals surface area contributed by atoms with Crippen LogP contribution in [0.1, 0.15) is 50.9 Å². The maximum absolute atomic E-state index is 13.5. The number of benzene rings is 1. The first-order valence-electron chi connectivity index (χ1n) is 11.6. The van der Waals surface area contributed by atoms with Crippen molar-refractivity contribution < 1.29 is 24.0 Å². The van der Waals surface area contributed by atoms with Gasteiger partial charge in [-0.1, -0.05) is 13.8 Å². The lowest BCUT2D eigenvalue weighted by atomic mass is 10.0. The molecule has 0 aromatic heterocycles. The SMILES string of the molecule is CC(=O)NC(C)C(=O)N1CC(=O)C2C1CCN2C(=O)C(CC(C)C)NC(=O)c1ccc(N)cc1. The van der Waals surface area contributed by atoms with E-state index in [4.69, 9.17) is 5.73 Å². The number of amides is 4. The number of ketones is 1. The fraction of sp³-hybridized carbons (Fsp3) is 0.542. The van der Waals surface area contributed by atoms with Crippen LogP contribution in [0, 0.1) is 5.92 Å². The number of nitrogens with zero attached hydrogens (tertiary/aromatic N) is 2. The summed E-state index contributed by atoms with van der Waals surface area (Å²) in [6.45, 7) is 7.01. The van der Waals surface area contributed by atoms with Gasteiger partial charge in [-0.2, -0.15) is 0 Å². The van der Waals surface area contributed by atoms with Gasteiger partial charge in [0.1, 0.15) is 18.1 Å². The Morgan fingerprint density at radius 1 is 1.03 bits per heavy atom. The number of hydrogen-bond donors (Lipinski definition) is 3. The van der Waals surface area contributed by atoms with Crippen molar-refractivity contribution >= 4 is 35.1 Å². The van der Waals surface area contributed by atoms with Crippen LogP contribution in [0.2, 0.25) is 0 Å². The number of nitrogen functional groups attached to an aromatic ring is 1. The molecule has 2 saturated heterocycles. The average Bonchev–Trinajstić information content (AvgIpc) is 3.33. The lowest BCUT2D eigenvalue weighted by Crippen LogP contribution is -2.53. The monoisotopic (exact) mass is 471 g/mol. The van der Waals surface area contributed by atoms with Gasteiger partial charge in [0, 0.05) is 24.7 Å². The summed E-state index contributed by atoms with van der Waals surface area (Å²) in [4.78, 5) is 66.3. The number of hydrogen-bond acceptors (Lipinski definition) is 6. The van der Waals surface area contributed by atoms with Gasteiger partial charge in [0.25, 0.3) is 5.91 Å². The van der Waals surface area contributed by atoms with Crippen LogP contribution in [0.25, 0.3) is 0 Å². The van der Waals surface area contributed by atoms with E-state index in [0.717, 1.165) is 0 Å². The van der Waals surface area contributed by atoms with Crippen LogP contribution in [0.3, 0.4) is 0 Å². The Morgan fingerprint density at radius 2 is 1.68 bits per heavy atom. The third-order valence-electron chi connectivity index (χ3n) is 6.26. The number of Topliss-reactive ketones (excluding diaryl/α,β-unsaturated/α-hetero) is 1. The van der Waals surface area contributed by atoms with Crippen LogP contribution in [-0.4, -0.2) is 76.5 Å². The lowest BCUT2D eigenvalue weighted by molar-refractivity contribution is -0.138. The molecule has 4 unspecified atom stereocenters. The third-order valence-corrected chi connectivity index (χ3v) is 6.26. The minimum atomic E-state index is -0.806. The number of carbonyl (C=O) groups is 5. The van der Waals surface area contributed by atoms with Gasteiger partial charge in [-0.3, -0.25) is 24.0 Å². The van der Waals surface area contributed by atoms with Crippen LogP contribution in [-0.2, 0) is 19.2 Å². The van der Waals surface area contributed by atoms with Crippen molar-refractivity contribution in [2.24, 2.45) is 5.92 Å². The summed E-state index contributed by atoms with van der Waals surface area (Å²) in [5.41, 5.74) is 6.60. The second-order valence-corrected chi connectivity index (χ2v) is 9.46. The predicted octanol–water partition coefficient (Wildman–Crippen LogP) is 0.319. The van der Waals surface area contributed by atoms with Crippen LogP contribution in [0.4, 0.5) is 5.69 Å². The molecule has 0 radical (unpaired) electrons.